The van der Waals surface area contributed by atoms with Gasteiger partial charge in [-0.05, 0) is 43.0 Å². The van der Waals surface area contributed by atoms with Crippen molar-refractivity contribution in [2.24, 2.45) is 5.41 Å². The molecule has 2 atom stereocenters. The molecule has 3 nitrogen and oxygen atoms in total. The lowest BCUT2D eigenvalue weighted by molar-refractivity contribution is 0.00968. The fourth-order valence-electron chi connectivity index (χ4n) is 3.56. The molecule has 3 heteroatoms. The van der Waals surface area contributed by atoms with Crippen LogP contribution < -0.4 is 4.74 Å². The van der Waals surface area contributed by atoms with Gasteiger partial charge in [0.05, 0.1) is 25.9 Å². The first kappa shape index (κ1) is 16.0. The first-order valence-corrected chi connectivity index (χ1v) is 8.02. The molecule has 1 N–H and O–H groups in total. The molecule has 23 heavy (non-hydrogen) atoms. The van der Waals surface area contributed by atoms with Crippen LogP contribution in [0.1, 0.15) is 24.5 Å². The average Bonchev–Trinajstić information content (AvgIpc) is 2.94. The van der Waals surface area contributed by atoms with Crippen LogP contribution in [0.2, 0.25) is 0 Å². The van der Waals surface area contributed by atoms with Gasteiger partial charge in [0.15, 0.2) is 0 Å². The third-order valence-electron chi connectivity index (χ3n) is 4.87. The zero-order chi connectivity index (χ0) is 16.3. The van der Waals surface area contributed by atoms with Gasteiger partial charge in [-0.15, -0.1) is 0 Å². The lowest BCUT2D eigenvalue weighted by Crippen LogP contribution is -2.30. The zero-order valence-corrected chi connectivity index (χ0v) is 13.8. The van der Waals surface area contributed by atoms with Crippen molar-refractivity contribution in [2.45, 2.75) is 25.4 Å². The van der Waals surface area contributed by atoms with Crippen LogP contribution in [0.5, 0.6) is 5.75 Å². The highest BCUT2D eigenvalue weighted by atomic mass is 16.5. The molecule has 2 aromatic rings. The zero-order valence-electron chi connectivity index (χ0n) is 13.8. The summed E-state index contributed by atoms with van der Waals surface area (Å²) in [5.41, 5.74) is 1.77. The van der Waals surface area contributed by atoms with E-state index in [0.717, 1.165) is 24.2 Å². The van der Waals surface area contributed by atoms with Gasteiger partial charge >= 0.3 is 0 Å². The van der Waals surface area contributed by atoms with E-state index in [-0.39, 0.29) is 17.6 Å². The van der Waals surface area contributed by atoms with Crippen LogP contribution in [0.3, 0.4) is 0 Å². The van der Waals surface area contributed by atoms with Crippen molar-refractivity contribution < 1.29 is 14.6 Å². The predicted octanol–water partition coefficient (Wildman–Crippen LogP) is 3.55. The molecule has 1 heterocycles. The number of hydrogen-bond acceptors (Lipinski definition) is 3. The van der Waals surface area contributed by atoms with E-state index in [9.17, 15) is 5.11 Å². The summed E-state index contributed by atoms with van der Waals surface area (Å²) >= 11 is 0. The molecule has 0 spiro atoms. The summed E-state index contributed by atoms with van der Waals surface area (Å²) < 4.78 is 11.4. The van der Waals surface area contributed by atoms with Crippen molar-refractivity contribution >= 4 is 0 Å². The summed E-state index contributed by atoms with van der Waals surface area (Å²) in [6, 6.07) is 18.3. The minimum Gasteiger partial charge on any atom is -0.497 e. The summed E-state index contributed by atoms with van der Waals surface area (Å²) in [5, 5.41) is 10.0. The van der Waals surface area contributed by atoms with Gasteiger partial charge in [0.2, 0.25) is 0 Å². The summed E-state index contributed by atoms with van der Waals surface area (Å²) in [6.45, 7) is 2.81. The highest BCUT2D eigenvalue weighted by molar-refractivity contribution is 5.32. The smallest absolute Gasteiger partial charge is 0.118 e. The van der Waals surface area contributed by atoms with Crippen LogP contribution in [0.15, 0.2) is 54.6 Å². The van der Waals surface area contributed by atoms with E-state index < -0.39 is 0 Å². The summed E-state index contributed by atoms with van der Waals surface area (Å²) in [7, 11) is 1.67. The maximum Gasteiger partial charge on any atom is 0.118 e. The van der Waals surface area contributed by atoms with Crippen LogP contribution in [0.25, 0.3) is 0 Å². The lowest BCUT2D eigenvalue weighted by Gasteiger charge is -2.28. The van der Waals surface area contributed by atoms with Crippen molar-refractivity contribution in [3.05, 3.63) is 65.7 Å². The Bertz CT molecular complexity index is 638. The van der Waals surface area contributed by atoms with Gasteiger partial charge in [0.1, 0.15) is 5.75 Å². The fourth-order valence-corrected chi connectivity index (χ4v) is 3.56. The molecule has 1 aliphatic rings. The Kier molecular flexibility index (Phi) is 4.42. The molecular formula is C20H24O3. The minimum absolute atomic E-state index is 0.133. The summed E-state index contributed by atoms with van der Waals surface area (Å²) in [5.74, 6) is 0.841. The standard InChI is InChI=1S/C20H24O3/c1-19(17-8-10-18(22-2)11-9-17)13-20(14-21,15-23-19)12-16-6-4-3-5-7-16/h3-11,21H,12-15H2,1-2H3. The molecule has 1 aliphatic heterocycles. The van der Waals surface area contributed by atoms with Gasteiger partial charge in [0.25, 0.3) is 0 Å². The Labute approximate surface area is 137 Å². The average molecular weight is 312 g/mol. The van der Waals surface area contributed by atoms with E-state index >= 15 is 0 Å². The second-order valence-corrected chi connectivity index (χ2v) is 6.75. The Hall–Kier alpha value is -1.84. The second kappa shape index (κ2) is 6.34. The molecule has 0 aliphatic carbocycles. The Morgan fingerprint density at radius 1 is 1.09 bits per heavy atom. The summed E-state index contributed by atoms with van der Waals surface area (Å²) in [6.07, 6.45) is 1.63. The maximum absolute atomic E-state index is 10.0. The molecule has 1 saturated heterocycles. The fraction of sp³-hybridized carbons (Fsp3) is 0.400. The first-order valence-electron chi connectivity index (χ1n) is 8.02. The molecular weight excluding hydrogens is 288 g/mol. The van der Waals surface area contributed by atoms with E-state index in [0.29, 0.717) is 6.61 Å². The molecule has 2 unspecified atom stereocenters. The normalized spacial score (nSPS) is 27.1. The van der Waals surface area contributed by atoms with Crippen LogP contribution in [0.4, 0.5) is 0 Å². The third-order valence-corrected chi connectivity index (χ3v) is 4.87. The van der Waals surface area contributed by atoms with Crippen molar-refractivity contribution in [2.75, 3.05) is 20.3 Å². The Morgan fingerprint density at radius 2 is 1.78 bits per heavy atom. The number of aliphatic hydroxyl groups is 1. The summed E-state index contributed by atoms with van der Waals surface area (Å²) in [4.78, 5) is 0. The molecule has 0 aromatic heterocycles. The SMILES string of the molecule is COc1ccc(C2(C)CC(CO)(Cc3ccccc3)CO2)cc1. The van der Waals surface area contributed by atoms with Gasteiger partial charge in [-0.1, -0.05) is 42.5 Å². The number of aliphatic hydroxyl groups excluding tert-OH is 1. The van der Waals surface area contributed by atoms with Gasteiger partial charge in [0, 0.05) is 5.41 Å². The molecule has 122 valence electrons. The Morgan fingerprint density at radius 3 is 2.39 bits per heavy atom. The molecule has 2 aromatic carbocycles. The van der Waals surface area contributed by atoms with E-state index in [4.69, 9.17) is 9.47 Å². The molecule has 0 amide bonds. The van der Waals surface area contributed by atoms with Gasteiger partial charge < -0.3 is 14.6 Å². The number of hydrogen-bond donors (Lipinski definition) is 1. The quantitative estimate of drug-likeness (QED) is 0.917. The minimum atomic E-state index is -0.371. The number of rotatable bonds is 5. The van der Waals surface area contributed by atoms with Crippen LogP contribution >= 0.6 is 0 Å². The van der Waals surface area contributed by atoms with Crippen LogP contribution in [-0.4, -0.2) is 25.4 Å². The highest BCUT2D eigenvalue weighted by Gasteiger charge is 2.47. The van der Waals surface area contributed by atoms with Gasteiger partial charge in [-0.2, -0.15) is 0 Å². The molecule has 0 saturated carbocycles. The largest absolute Gasteiger partial charge is 0.497 e. The molecule has 0 radical (unpaired) electrons. The predicted molar refractivity (Wildman–Crippen MR) is 90.6 cm³/mol. The van der Waals surface area contributed by atoms with Crippen LogP contribution in [-0.2, 0) is 16.8 Å². The van der Waals surface area contributed by atoms with E-state index in [1.54, 1.807) is 7.11 Å². The second-order valence-electron chi connectivity index (χ2n) is 6.75. The van der Waals surface area contributed by atoms with E-state index in [2.05, 4.69) is 31.2 Å². The highest BCUT2D eigenvalue weighted by Crippen LogP contribution is 2.47. The van der Waals surface area contributed by atoms with Gasteiger partial charge in [-0.25, -0.2) is 0 Å². The van der Waals surface area contributed by atoms with Crippen molar-refractivity contribution in [1.82, 2.24) is 0 Å². The number of benzene rings is 2. The van der Waals surface area contributed by atoms with E-state index in [1.807, 2.05) is 30.3 Å². The number of methoxy groups -OCH3 is 1. The lowest BCUT2D eigenvalue weighted by atomic mass is 9.75. The molecule has 3 rings (SSSR count). The van der Waals surface area contributed by atoms with Crippen molar-refractivity contribution in [1.29, 1.82) is 0 Å². The molecule has 1 fully saturated rings. The third kappa shape index (κ3) is 3.26. The molecule has 0 bridgehead atoms. The monoisotopic (exact) mass is 312 g/mol. The van der Waals surface area contributed by atoms with Crippen molar-refractivity contribution in [3.63, 3.8) is 0 Å². The topological polar surface area (TPSA) is 38.7 Å². The Balaban J connectivity index is 1.81. The van der Waals surface area contributed by atoms with Crippen LogP contribution in [0, 0.1) is 5.41 Å². The number of ether oxygens (including phenoxy) is 2. The van der Waals surface area contributed by atoms with E-state index in [1.165, 1.54) is 5.56 Å². The van der Waals surface area contributed by atoms with Gasteiger partial charge in [-0.3, -0.25) is 0 Å². The first-order chi connectivity index (χ1) is 11.1. The maximum atomic E-state index is 10.0. The van der Waals surface area contributed by atoms with Crippen molar-refractivity contribution in [3.8, 4) is 5.75 Å².